The Morgan fingerprint density at radius 2 is 1.62 bits per heavy atom. The third kappa shape index (κ3) is 5.07. The molecule has 8 heteroatoms. The molecule has 0 aromatic heterocycles. The smallest absolute Gasteiger partial charge is 0.407 e. The molecule has 2 N–H and O–H groups in total. The van der Waals surface area contributed by atoms with Crippen molar-refractivity contribution in [3.63, 3.8) is 0 Å². The number of methoxy groups -OCH3 is 1. The summed E-state index contributed by atoms with van der Waals surface area (Å²) in [6, 6.07) is 16.0. The molecular weight excluding hydrogens is 436 g/mol. The fourth-order valence-electron chi connectivity index (χ4n) is 5.03. The van der Waals surface area contributed by atoms with E-state index >= 15 is 0 Å². The number of fused-ring (bicyclic) bond motifs is 3. The van der Waals surface area contributed by atoms with E-state index in [4.69, 9.17) is 9.47 Å². The Labute approximate surface area is 198 Å². The molecule has 2 aromatic rings. The van der Waals surface area contributed by atoms with Crippen molar-refractivity contribution in [3.05, 3.63) is 59.7 Å². The molecule has 0 bridgehead atoms. The van der Waals surface area contributed by atoms with Crippen LogP contribution in [0.2, 0.25) is 0 Å². The molecule has 8 nitrogen and oxygen atoms in total. The van der Waals surface area contributed by atoms with Crippen molar-refractivity contribution < 1.29 is 29.0 Å². The number of aliphatic carboxylic acids is 1. The molecule has 0 heterocycles. The number of nitrogens with zero attached hydrogens (tertiary/aromatic N) is 1. The van der Waals surface area contributed by atoms with Gasteiger partial charge in [-0.2, -0.15) is 0 Å². The molecule has 1 unspecified atom stereocenters. The van der Waals surface area contributed by atoms with E-state index in [-0.39, 0.29) is 31.7 Å². The Balaban J connectivity index is 1.35. The number of ether oxygens (including phenoxy) is 2. The van der Waals surface area contributed by atoms with E-state index in [1.807, 2.05) is 36.4 Å². The zero-order valence-electron chi connectivity index (χ0n) is 19.2. The Morgan fingerprint density at radius 1 is 1.03 bits per heavy atom. The molecule has 0 aliphatic heterocycles. The maximum Gasteiger partial charge on any atom is 0.407 e. The molecule has 0 radical (unpaired) electrons. The highest BCUT2D eigenvalue weighted by atomic mass is 16.5. The Hall–Kier alpha value is -3.39. The number of alkyl carbamates (subject to hydrolysis) is 1. The highest BCUT2D eigenvalue weighted by molar-refractivity contribution is 5.85. The molecule has 2 amide bonds. The first-order valence-corrected chi connectivity index (χ1v) is 11.6. The van der Waals surface area contributed by atoms with Gasteiger partial charge in [-0.1, -0.05) is 61.4 Å². The van der Waals surface area contributed by atoms with Gasteiger partial charge in [-0.05, 0) is 35.1 Å². The third-order valence-corrected chi connectivity index (χ3v) is 6.69. The van der Waals surface area contributed by atoms with Crippen molar-refractivity contribution in [3.8, 4) is 11.1 Å². The lowest BCUT2D eigenvalue weighted by molar-refractivity contribution is -0.151. The van der Waals surface area contributed by atoms with Crippen LogP contribution in [-0.4, -0.2) is 66.9 Å². The first kappa shape index (κ1) is 23.8. The first-order valence-electron chi connectivity index (χ1n) is 11.6. The molecule has 2 aromatic carbocycles. The second kappa shape index (κ2) is 10.7. The van der Waals surface area contributed by atoms with E-state index in [0.717, 1.165) is 47.9 Å². The SMILES string of the molecule is COC(CNC(=O)OCC1c2ccccc2-c2ccccc21)C(=O)N(CC(=O)O)C1CCCC1. The van der Waals surface area contributed by atoms with Crippen molar-refractivity contribution in [2.24, 2.45) is 0 Å². The van der Waals surface area contributed by atoms with Gasteiger partial charge in [0.25, 0.3) is 5.91 Å². The number of nitrogens with one attached hydrogen (secondary N) is 1. The van der Waals surface area contributed by atoms with Crippen LogP contribution < -0.4 is 5.32 Å². The van der Waals surface area contributed by atoms with Crippen molar-refractivity contribution in [2.75, 3.05) is 26.8 Å². The van der Waals surface area contributed by atoms with Crippen LogP contribution in [0.5, 0.6) is 0 Å². The zero-order valence-corrected chi connectivity index (χ0v) is 19.2. The topological polar surface area (TPSA) is 105 Å². The molecule has 1 fully saturated rings. The monoisotopic (exact) mass is 466 g/mol. The summed E-state index contributed by atoms with van der Waals surface area (Å²) in [7, 11) is 1.37. The van der Waals surface area contributed by atoms with Crippen molar-refractivity contribution in [1.29, 1.82) is 0 Å². The van der Waals surface area contributed by atoms with E-state index in [1.165, 1.54) is 12.0 Å². The quantitative estimate of drug-likeness (QED) is 0.587. The van der Waals surface area contributed by atoms with E-state index < -0.39 is 24.1 Å². The number of hydrogen-bond acceptors (Lipinski definition) is 5. The largest absolute Gasteiger partial charge is 0.480 e. The van der Waals surface area contributed by atoms with Crippen LogP contribution in [0.3, 0.4) is 0 Å². The molecule has 34 heavy (non-hydrogen) atoms. The summed E-state index contributed by atoms with van der Waals surface area (Å²) in [5.41, 5.74) is 4.51. The highest BCUT2D eigenvalue weighted by Crippen LogP contribution is 2.44. The van der Waals surface area contributed by atoms with Gasteiger partial charge in [-0.15, -0.1) is 0 Å². The van der Waals surface area contributed by atoms with E-state index in [0.29, 0.717) is 0 Å². The summed E-state index contributed by atoms with van der Waals surface area (Å²) in [6.07, 6.45) is 1.83. The standard InChI is InChI=1S/C26H30N2O6/c1-33-23(25(31)28(15-24(29)30)17-8-2-3-9-17)14-27-26(32)34-16-22-20-12-6-4-10-18(20)19-11-5-7-13-21(19)22/h4-7,10-13,17,22-23H,2-3,8-9,14-16H2,1H3,(H,27,32)(H,29,30). The maximum absolute atomic E-state index is 13.0. The average Bonchev–Trinajstić information content (AvgIpc) is 3.48. The lowest BCUT2D eigenvalue weighted by Crippen LogP contribution is -2.51. The highest BCUT2D eigenvalue weighted by Gasteiger charge is 2.33. The number of hydrogen-bond donors (Lipinski definition) is 2. The molecule has 4 rings (SSSR count). The maximum atomic E-state index is 13.0. The van der Waals surface area contributed by atoms with E-state index in [9.17, 15) is 19.5 Å². The van der Waals surface area contributed by atoms with Gasteiger partial charge in [-0.25, -0.2) is 4.79 Å². The van der Waals surface area contributed by atoms with Crippen LogP contribution >= 0.6 is 0 Å². The number of carbonyl (C=O) groups is 3. The summed E-state index contributed by atoms with van der Waals surface area (Å²) in [5, 5.41) is 11.9. The average molecular weight is 467 g/mol. The van der Waals surface area contributed by atoms with Crippen molar-refractivity contribution in [1.82, 2.24) is 10.2 Å². The summed E-state index contributed by atoms with van der Waals surface area (Å²) in [6.45, 7) is -0.318. The molecule has 1 saturated carbocycles. The lowest BCUT2D eigenvalue weighted by Gasteiger charge is -2.30. The molecule has 2 aliphatic rings. The van der Waals surface area contributed by atoms with Crippen LogP contribution in [-0.2, 0) is 19.1 Å². The van der Waals surface area contributed by atoms with Gasteiger partial charge < -0.3 is 24.8 Å². The fourth-order valence-corrected chi connectivity index (χ4v) is 5.03. The van der Waals surface area contributed by atoms with Gasteiger partial charge in [-0.3, -0.25) is 9.59 Å². The molecule has 2 aliphatic carbocycles. The molecule has 180 valence electrons. The van der Waals surface area contributed by atoms with Gasteiger partial charge >= 0.3 is 12.1 Å². The fraction of sp³-hybridized carbons (Fsp3) is 0.423. The van der Waals surface area contributed by atoms with Gasteiger partial charge in [0.2, 0.25) is 0 Å². The summed E-state index contributed by atoms with van der Waals surface area (Å²) in [4.78, 5) is 38.1. The molecular formula is C26H30N2O6. The predicted octanol–water partition coefficient (Wildman–Crippen LogP) is 3.40. The summed E-state index contributed by atoms with van der Waals surface area (Å²) >= 11 is 0. The van der Waals surface area contributed by atoms with E-state index in [2.05, 4.69) is 17.4 Å². The Bertz CT molecular complexity index is 1000. The zero-order chi connectivity index (χ0) is 24.1. The third-order valence-electron chi connectivity index (χ3n) is 6.69. The minimum atomic E-state index is -1.07. The number of carbonyl (C=O) groups excluding carboxylic acids is 2. The van der Waals surface area contributed by atoms with Gasteiger partial charge in [0, 0.05) is 19.1 Å². The normalized spacial score (nSPS) is 15.9. The van der Waals surface area contributed by atoms with Crippen LogP contribution in [0.1, 0.15) is 42.7 Å². The van der Waals surface area contributed by atoms with E-state index in [1.54, 1.807) is 0 Å². The van der Waals surface area contributed by atoms with Crippen LogP contribution in [0.4, 0.5) is 4.79 Å². The Kier molecular flexibility index (Phi) is 7.47. The number of amides is 2. The minimum absolute atomic E-state index is 0.0635. The summed E-state index contributed by atoms with van der Waals surface area (Å²) in [5.74, 6) is -1.57. The van der Waals surface area contributed by atoms with Crippen LogP contribution in [0, 0.1) is 0 Å². The molecule has 0 spiro atoms. The summed E-state index contributed by atoms with van der Waals surface area (Å²) < 4.78 is 10.8. The van der Waals surface area contributed by atoms with Gasteiger partial charge in [0.1, 0.15) is 13.2 Å². The number of carboxylic acid groups (broad SMARTS) is 1. The van der Waals surface area contributed by atoms with Gasteiger partial charge in [0.05, 0.1) is 6.54 Å². The van der Waals surface area contributed by atoms with Gasteiger partial charge in [0.15, 0.2) is 6.10 Å². The lowest BCUT2D eigenvalue weighted by atomic mass is 9.98. The number of carboxylic acids is 1. The van der Waals surface area contributed by atoms with Crippen molar-refractivity contribution >= 4 is 18.0 Å². The van der Waals surface area contributed by atoms with Crippen LogP contribution in [0.15, 0.2) is 48.5 Å². The van der Waals surface area contributed by atoms with Crippen molar-refractivity contribution in [2.45, 2.75) is 43.7 Å². The number of rotatable bonds is 9. The second-order valence-electron chi connectivity index (χ2n) is 8.73. The first-order chi connectivity index (χ1) is 16.5. The number of benzene rings is 2. The molecule has 0 saturated heterocycles. The predicted molar refractivity (Wildman–Crippen MR) is 125 cm³/mol. The van der Waals surface area contributed by atoms with Crippen LogP contribution in [0.25, 0.3) is 11.1 Å². The second-order valence-corrected chi connectivity index (χ2v) is 8.73. The Morgan fingerprint density at radius 3 is 2.18 bits per heavy atom. The molecule has 1 atom stereocenters. The minimum Gasteiger partial charge on any atom is -0.480 e.